The maximum absolute atomic E-state index is 6.05. The molecule has 1 aliphatic carbocycles. The van der Waals surface area contributed by atoms with Gasteiger partial charge in [-0.15, -0.1) is 0 Å². The van der Waals surface area contributed by atoms with Crippen LogP contribution in [-0.2, 0) is 14.2 Å². The number of hydrogen-bond donors (Lipinski definition) is 0. The number of ether oxygens (including phenoxy) is 3. The Morgan fingerprint density at radius 2 is 1.67 bits per heavy atom. The molecule has 0 spiro atoms. The minimum absolute atomic E-state index is 0.0938. The largest absolute Gasteiger partial charge is 0.378 e. The molecule has 1 rings (SSSR count). The molecule has 0 aromatic carbocycles. The summed E-state index contributed by atoms with van der Waals surface area (Å²) >= 11 is 0. The van der Waals surface area contributed by atoms with E-state index in [2.05, 4.69) is 6.92 Å². The van der Waals surface area contributed by atoms with E-state index in [1.165, 1.54) is 32.1 Å². The Morgan fingerprint density at radius 3 is 2.28 bits per heavy atom. The van der Waals surface area contributed by atoms with Crippen LogP contribution in [-0.4, -0.2) is 32.2 Å². The highest BCUT2D eigenvalue weighted by Crippen LogP contribution is 2.29. The fourth-order valence-corrected chi connectivity index (χ4v) is 2.76. The van der Waals surface area contributed by atoms with Crippen molar-refractivity contribution in [1.29, 1.82) is 0 Å². The summed E-state index contributed by atoms with van der Waals surface area (Å²) in [6, 6.07) is 0. The summed E-state index contributed by atoms with van der Waals surface area (Å²) < 4.78 is 17.1. The minimum atomic E-state index is -0.0938. The van der Waals surface area contributed by atoms with E-state index >= 15 is 0 Å². The van der Waals surface area contributed by atoms with Crippen molar-refractivity contribution in [2.24, 2.45) is 5.92 Å². The van der Waals surface area contributed by atoms with Crippen molar-refractivity contribution in [2.45, 2.75) is 71.7 Å². The smallest absolute Gasteiger partial charge is 0.159 e. The van der Waals surface area contributed by atoms with Crippen molar-refractivity contribution in [1.82, 2.24) is 0 Å². The van der Waals surface area contributed by atoms with Gasteiger partial charge in [-0.05, 0) is 32.6 Å². The molecule has 0 N–H and O–H groups in total. The maximum Gasteiger partial charge on any atom is 0.159 e. The van der Waals surface area contributed by atoms with E-state index in [0.29, 0.717) is 19.3 Å². The summed E-state index contributed by atoms with van der Waals surface area (Å²) in [5.74, 6) is 0.761. The molecule has 0 bridgehead atoms. The molecule has 108 valence electrons. The van der Waals surface area contributed by atoms with E-state index in [-0.39, 0.29) is 6.29 Å². The second-order valence-corrected chi connectivity index (χ2v) is 4.99. The van der Waals surface area contributed by atoms with Crippen LogP contribution < -0.4 is 0 Å². The molecule has 0 radical (unpaired) electrons. The van der Waals surface area contributed by atoms with Gasteiger partial charge < -0.3 is 14.2 Å². The Hall–Kier alpha value is -0.120. The topological polar surface area (TPSA) is 27.7 Å². The summed E-state index contributed by atoms with van der Waals surface area (Å²) in [6.07, 6.45) is 7.71. The molecule has 0 aromatic heterocycles. The molecule has 3 heteroatoms. The molecule has 18 heavy (non-hydrogen) atoms. The van der Waals surface area contributed by atoms with Crippen molar-refractivity contribution in [3.05, 3.63) is 0 Å². The summed E-state index contributed by atoms with van der Waals surface area (Å²) in [4.78, 5) is 0. The molecule has 1 aliphatic rings. The van der Waals surface area contributed by atoms with Crippen LogP contribution >= 0.6 is 0 Å². The Morgan fingerprint density at radius 1 is 1.00 bits per heavy atom. The lowest BCUT2D eigenvalue weighted by molar-refractivity contribution is -0.152. The Labute approximate surface area is 112 Å². The van der Waals surface area contributed by atoms with Crippen LogP contribution in [0.3, 0.4) is 0 Å². The average Bonchev–Trinajstić information content (AvgIpc) is 2.40. The Kier molecular flexibility index (Phi) is 8.64. The number of rotatable bonds is 9. The van der Waals surface area contributed by atoms with Gasteiger partial charge in [-0.1, -0.05) is 26.2 Å². The maximum atomic E-state index is 6.05. The lowest BCUT2D eigenvalue weighted by atomic mass is 9.85. The van der Waals surface area contributed by atoms with Gasteiger partial charge in [0.05, 0.1) is 12.7 Å². The van der Waals surface area contributed by atoms with Gasteiger partial charge in [-0.3, -0.25) is 0 Å². The molecule has 0 saturated heterocycles. The quantitative estimate of drug-likeness (QED) is 0.589. The molecule has 0 heterocycles. The molecule has 1 saturated carbocycles. The van der Waals surface area contributed by atoms with E-state index in [0.717, 1.165) is 18.9 Å². The van der Waals surface area contributed by atoms with E-state index in [1.54, 1.807) is 0 Å². The zero-order valence-electron chi connectivity index (χ0n) is 12.3. The second kappa shape index (κ2) is 9.76. The van der Waals surface area contributed by atoms with Crippen LogP contribution in [0, 0.1) is 5.92 Å². The van der Waals surface area contributed by atoms with Gasteiger partial charge in [0, 0.05) is 19.6 Å². The van der Waals surface area contributed by atoms with Crippen molar-refractivity contribution in [2.75, 3.05) is 19.8 Å². The summed E-state index contributed by atoms with van der Waals surface area (Å²) in [7, 11) is 0. The molecule has 2 unspecified atom stereocenters. The molecule has 1 fully saturated rings. The summed E-state index contributed by atoms with van der Waals surface area (Å²) in [5.41, 5.74) is 0. The van der Waals surface area contributed by atoms with E-state index in [1.807, 2.05) is 13.8 Å². The van der Waals surface area contributed by atoms with Crippen molar-refractivity contribution < 1.29 is 14.2 Å². The highest BCUT2D eigenvalue weighted by molar-refractivity contribution is 4.74. The fraction of sp³-hybridized carbons (Fsp3) is 1.00. The van der Waals surface area contributed by atoms with Gasteiger partial charge in [0.25, 0.3) is 0 Å². The number of hydrogen-bond acceptors (Lipinski definition) is 3. The zero-order chi connectivity index (χ0) is 13.2. The third kappa shape index (κ3) is 5.68. The molecule has 0 aromatic rings. The van der Waals surface area contributed by atoms with Gasteiger partial charge >= 0.3 is 0 Å². The normalized spacial score (nSPS) is 24.7. The SMILES string of the molecule is CCOC(CCOC1CCCCC1CC)OCC. The average molecular weight is 258 g/mol. The highest BCUT2D eigenvalue weighted by atomic mass is 16.7. The van der Waals surface area contributed by atoms with E-state index in [9.17, 15) is 0 Å². The lowest BCUT2D eigenvalue weighted by Crippen LogP contribution is -2.29. The van der Waals surface area contributed by atoms with Crippen LogP contribution in [0.25, 0.3) is 0 Å². The summed E-state index contributed by atoms with van der Waals surface area (Å²) in [6.45, 7) is 8.43. The predicted molar refractivity (Wildman–Crippen MR) is 73.6 cm³/mol. The van der Waals surface area contributed by atoms with Gasteiger partial charge in [-0.2, -0.15) is 0 Å². The van der Waals surface area contributed by atoms with Crippen molar-refractivity contribution >= 4 is 0 Å². The molecule has 2 atom stereocenters. The second-order valence-electron chi connectivity index (χ2n) is 4.99. The van der Waals surface area contributed by atoms with Crippen LogP contribution in [0.2, 0.25) is 0 Å². The predicted octanol–water partition coefficient (Wildman–Crippen LogP) is 3.76. The van der Waals surface area contributed by atoms with Gasteiger partial charge in [-0.25, -0.2) is 0 Å². The van der Waals surface area contributed by atoms with Gasteiger partial charge in [0.15, 0.2) is 6.29 Å². The van der Waals surface area contributed by atoms with Crippen LogP contribution in [0.15, 0.2) is 0 Å². The van der Waals surface area contributed by atoms with Gasteiger partial charge in [0.2, 0.25) is 0 Å². The van der Waals surface area contributed by atoms with Crippen molar-refractivity contribution in [3.63, 3.8) is 0 Å². The Balaban J connectivity index is 2.21. The Bertz CT molecular complexity index is 190. The summed E-state index contributed by atoms with van der Waals surface area (Å²) in [5, 5.41) is 0. The van der Waals surface area contributed by atoms with Crippen LogP contribution in [0.4, 0.5) is 0 Å². The van der Waals surface area contributed by atoms with Gasteiger partial charge in [0.1, 0.15) is 0 Å². The molecular formula is C15H30O3. The highest BCUT2D eigenvalue weighted by Gasteiger charge is 2.24. The lowest BCUT2D eigenvalue weighted by Gasteiger charge is -2.31. The first kappa shape index (κ1) is 15.9. The van der Waals surface area contributed by atoms with Crippen molar-refractivity contribution in [3.8, 4) is 0 Å². The van der Waals surface area contributed by atoms with Crippen LogP contribution in [0.5, 0.6) is 0 Å². The standard InChI is InChI=1S/C15H30O3/c1-4-13-9-7-8-10-14(13)18-12-11-15(16-5-2)17-6-3/h13-15H,4-12H2,1-3H3. The molecular weight excluding hydrogens is 228 g/mol. The first-order valence-electron chi connectivity index (χ1n) is 7.66. The third-order valence-electron chi connectivity index (χ3n) is 3.75. The first-order chi connectivity index (χ1) is 8.81. The van der Waals surface area contributed by atoms with E-state index < -0.39 is 0 Å². The monoisotopic (exact) mass is 258 g/mol. The minimum Gasteiger partial charge on any atom is -0.378 e. The zero-order valence-corrected chi connectivity index (χ0v) is 12.3. The third-order valence-corrected chi connectivity index (χ3v) is 3.75. The molecule has 0 amide bonds. The first-order valence-corrected chi connectivity index (χ1v) is 7.66. The fourth-order valence-electron chi connectivity index (χ4n) is 2.76. The van der Waals surface area contributed by atoms with Crippen LogP contribution in [0.1, 0.15) is 59.3 Å². The molecule has 0 aliphatic heterocycles. The van der Waals surface area contributed by atoms with E-state index in [4.69, 9.17) is 14.2 Å². The molecule has 3 nitrogen and oxygen atoms in total.